The molecule has 0 unspecified atom stereocenters. The largest absolute Gasteiger partial charge is 0.302 e. The number of rotatable bonds is 8. The molecule has 0 aliphatic rings. The second-order valence-corrected chi connectivity index (χ2v) is 6.55. The average molecular weight is 368 g/mol. The van der Waals surface area contributed by atoms with Gasteiger partial charge in [-0.2, -0.15) is 5.10 Å². The van der Waals surface area contributed by atoms with Gasteiger partial charge in [0, 0.05) is 29.9 Å². The van der Waals surface area contributed by atoms with Crippen LogP contribution in [0.3, 0.4) is 0 Å². The summed E-state index contributed by atoms with van der Waals surface area (Å²) < 4.78 is 13.0. The normalized spacial score (nSPS) is 11.1. The molecule has 27 heavy (non-hydrogen) atoms. The third-order valence-corrected chi connectivity index (χ3v) is 4.36. The number of hydrogen-bond acceptors (Lipinski definition) is 4. The molecule has 1 aromatic heterocycles. The summed E-state index contributed by atoms with van der Waals surface area (Å²) in [5.74, 6) is -0.259. The summed E-state index contributed by atoms with van der Waals surface area (Å²) in [6, 6.07) is 14.9. The molecule has 0 saturated heterocycles. The predicted molar refractivity (Wildman–Crippen MR) is 102 cm³/mol. The van der Waals surface area contributed by atoms with Crippen molar-refractivity contribution in [3.05, 3.63) is 81.8 Å². The van der Waals surface area contributed by atoms with Crippen LogP contribution in [0.2, 0.25) is 0 Å². The van der Waals surface area contributed by atoms with Gasteiger partial charge in [0.15, 0.2) is 0 Å². The lowest BCUT2D eigenvalue weighted by atomic mass is 10.1. The highest BCUT2D eigenvalue weighted by Gasteiger charge is 2.07. The molecule has 0 aliphatic heterocycles. The highest BCUT2D eigenvalue weighted by atomic mass is 19.1. The van der Waals surface area contributed by atoms with Gasteiger partial charge in [0.25, 0.3) is 5.69 Å². The van der Waals surface area contributed by atoms with Crippen molar-refractivity contribution in [2.45, 2.75) is 19.4 Å². The summed E-state index contributed by atoms with van der Waals surface area (Å²) in [4.78, 5) is 12.5. The maximum Gasteiger partial charge on any atom is 0.269 e. The molecule has 1 heterocycles. The van der Waals surface area contributed by atoms with Crippen molar-refractivity contribution in [2.24, 2.45) is 0 Å². The number of nitro benzene ring substituents is 1. The Balaban J connectivity index is 1.46. The van der Waals surface area contributed by atoms with Crippen molar-refractivity contribution >= 4 is 5.69 Å². The van der Waals surface area contributed by atoms with Gasteiger partial charge in [0.1, 0.15) is 5.82 Å². The second kappa shape index (κ2) is 8.55. The van der Waals surface area contributed by atoms with Crippen molar-refractivity contribution in [2.75, 3.05) is 13.6 Å². The number of benzene rings is 2. The number of aromatic nitrogens is 2. The van der Waals surface area contributed by atoms with Crippen LogP contribution in [0.5, 0.6) is 0 Å². The maximum atomic E-state index is 13.0. The fourth-order valence-electron chi connectivity index (χ4n) is 2.91. The lowest BCUT2D eigenvalue weighted by Crippen LogP contribution is -2.19. The van der Waals surface area contributed by atoms with Gasteiger partial charge in [0.05, 0.1) is 10.6 Å². The Kier molecular flexibility index (Phi) is 5.93. The summed E-state index contributed by atoms with van der Waals surface area (Å²) in [5.41, 5.74) is 3.89. The zero-order valence-electron chi connectivity index (χ0n) is 15.1. The van der Waals surface area contributed by atoms with Gasteiger partial charge >= 0.3 is 0 Å². The maximum absolute atomic E-state index is 13.0. The van der Waals surface area contributed by atoms with Crippen LogP contribution in [0.25, 0.3) is 11.3 Å². The fraction of sp³-hybridized carbons (Fsp3) is 0.250. The van der Waals surface area contributed by atoms with Crippen molar-refractivity contribution in [3.63, 3.8) is 0 Å². The summed E-state index contributed by atoms with van der Waals surface area (Å²) in [5, 5.41) is 18.0. The second-order valence-electron chi connectivity index (χ2n) is 6.55. The average Bonchev–Trinajstić information content (AvgIpc) is 3.11. The summed E-state index contributed by atoms with van der Waals surface area (Å²) in [6.45, 7) is 1.63. The van der Waals surface area contributed by atoms with Gasteiger partial charge in [-0.05, 0) is 62.3 Å². The SMILES string of the molecule is CN(CCCc1cc(-c2ccc(F)cc2)n[nH]1)Cc1ccc([N+](=O)[O-])cc1. The molecule has 0 spiro atoms. The van der Waals surface area contributed by atoms with E-state index in [9.17, 15) is 14.5 Å². The Morgan fingerprint density at radius 2 is 1.85 bits per heavy atom. The molecular formula is C20H21FN4O2. The van der Waals surface area contributed by atoms with Gasteiger partial charge in [-0.1, -0.05) is 12.1 Å². The van der Waals surface area contributed by atoms with E-state index in [1.807, 2.05) is 13.1 Å². The number of hydrogen-bond donors (Lipinski definition) is 1. The van der Waals surface area contributed by atoms with Crippen LogP contribution in [-0.2, 0) is 13.0 Å². The highest BCUT2D eigenvalue weighted by Crippen LogP contribution is 2.19. The quantitative estimate of drug-likeness (QED) is 0.478. The van der Waals surface area contributed by atoms with Crippen LogP contribution in [0.1, 0.15) is 17.7 Å². The van der Waals surface area contributed by atoms with Crippen LogP contribution >= 0.6 is 0 Å². The number of aromatic amines is 1. The number of nitro groups is 1. The minimum absolute atomic E-state index is 0.109. The smallest absolute Gasteiger partial charge is 0.269 e. The van der Waals surface area contributed by atoms with E-state index >= 15 is 0 Å². The number of non-ortho nitro benzene ring substituents is 1. The van der Waals surface area contributed by atoms with Gasteiger partial charge in [-0.25, -0.2) is 4.39 Å². The van der Waals surface area contributed by atoms with Crippen LogP contribution < -0.4 is 0 Å². The van der Waals surface area contributed by atoms with Crippen molar-refractivity contribution < 1.29 is 9.31 Å². The zero-order valence-corrected chi connectivity index (χ0v) is 15.1. The third kappa shape index (κ3) is 5.21. The molecule has 0 saturated carbocycles. The molecule has 0 amide bonds. The Morgan fingerprint density at radius 3 is 2.52 bits per heavy atom. The Morgan fingerprint density at radius 1 is 1.15 bits per heavy atom. The first-order valence-corrected chi connectivity index (χ1v) is 8.73. The topological polar surface area (TPSA) is 75.1 Å². The molecule has 1 N–H and O–H groups in total. The number of nitrogens with zero attached hydrogens (tertiary/aromatic N) is 3. The third-order valence-electron chi connectivity index (χ3n) is 4.36. The van der Waals surface area contributed by atoms with Gasteiger partial charge < -0.3 is 4.90 Å². The number of H-pyrrole nitrogens is 1. The van der Waals surface area contributed by atoms with Gasteiger partial charge in [-0.3, -0.25) is 15.2 Å². The van der Waals surface area contributed by atoms with E-state index in [4.69, 9.17) is 0 Å². The zero-order chi connectivity index (χ0) is 19.2. The van der Waals surface area contributed by atoms with Crippen LogP contribution in [0.15, 0.2) is 54.6 Å². The molecule has 0 radical (unpaired) electrons. The number of aryl methyl sites for hydroxylation is 1. The summed E-state index contributed by atoms with van der Waals surface area (Å²) in [7, 11) is 2.03. The van der Waals surface area contributed by atoms with Crippen LogP contribution in [0.4, 0.5) is 10.1 Å². The van der Waals surface area contributed by atoms with Gasteiger partial charge in [-0.15, -0.1) is 0 Å². The summed E-state index contributed by atoms with van der Waals surface area (Å²) >= 11 is 0. The standard InChI is InChI=1S/C20H21FN4O2/c1-24(14-15-4-10-19(11-5-15)25(26)27)12-2-3-18-13-20(23-22-18)16-6-8-17(21)9-7-16/h4-11,13H,2-3,12,14H2,1H3,(H,22,23). The molecule has 3 rings (SSSR count). The molecule has 2 aromatic carbocycles. The minimum atomic E-state index is -0.391. The molecule has 3 aromatic rings. The highest BCUT2D eigenvalue weighted by molar-refractivity contribution is 5.58. The first-order valence-electron chi connectivity index (χ1n) is 8.73. The molecular weight excluding hydrogens is 347 g/mol. The van der Waals surface area contributed by atoms with E-state index < -0.39 is 4.92 Å². The van der Waals surface area contributed by atoms with E-state index in [2.05, 4.69) is 15.1 Å². The molecule has 0 fully saturated rings. The van der Waals surface area contributed by atoms with E-state index in [-0.39, 0.29) is 11.5 Å². The minimum Gasteiger partial charge on any atom is -0.302 e. The molecule has 7 heteroatoms. The lowest BCUT2D eigenvalue weighted by molar-refractivity contribution is -0.384. The Labute approximate surface area is 156 Å². The lowest BCUT2D eigenvalue weighted by Gasteiger charge is -2.16. The van der Waals surface area contributed by atoms with Gasteiger partial charge in [0.2, 0.25) is 0 Å². The summed E-state index contributed by atoms with van der Waals surface area (Å²) in [6.07, 6.45) is 1.81. The van der Waals surface area contributed by atoms with E-state index in [1.165, 1.54) is 24.3 Å². The molecule has 0 aliphatic carbocycles. The monoisotopic (exact) mass is 368 g/mol. The Bertz CT molecular complexity index is 891. The predicted octanol–water partition coefficient (Wildman–Crippen LogP) is 4.19. The van der Waals surface area contributed by atoms with E-state index in [1.54, 1.807) is 24.3 Å². The number of nitrogens with one attached hydrogen (secondary N) is 1. The molecule has 140 valence electrons. The van der Waals surface area contributed by atoms with Crippen LogP contribution in [0, 0.1) is 15.9 Å². The molecule has 0 bridgehead atoms. The fourth-order valence-corrected chi connectivity index (χ4v) is 2.91. The van der Waals surface area contributed by atoms with Crippen molar-refractivity contribution in [1.29, 1.82) is 0 Å². The number of halogens is 1. The Hall–Kier alpha value is -3.06. The van der Waals surface area contributed by atoms with Crippen molar-refractivity contribution in [1.82, 2.24) is 15.1 Å². The first-order chi connectivity index (χ1) is 13.0. The van der Waals surface area contributed by atoms with Crippen LogP contribution in [-0.4, -0.2) is 33.6 Å². The van der Waals surface area contributed by atoms with E-state index in [0.717, 1.165) is 48.4 Å². The molecule has 6 nitrogen and oxygen atoms in total. The van der Waals surface area contributed by atoms with Crippen molar-refractivity contribution in [3.8, 4) is 11.3 Å². The molecule has 0 atom stereocenters. The first kappa shape index (κ1) is 18.7. The van der Waals surface area contributed by atoms with E-state index in [0.29, 0.717) is 0 Å².